The average Bonchev–Trinajstić information content (AvgIpc) is 3.15. The fourth-order valence-corrected chi connectivity index (χ4v) is 3.04. The number of pyridine rings is 2. The molecule has 0 unspecified atom stereocenters. The Kier molecular flexibility index (Phi) is 4.80. The molecule has 7 heteroatoms. The fourth-order valence-electron chi connectivity index (χ4n) is 3.04. The topological polar surface area (TPSA) is 69.9 Å². The SMILES string of the molecule is COC(=O)c1ccnc(-c2cc3cnn(CCc4ccccc4F)c3cn2)c1. The molecule has 0 aliphatic rings. The standard InChI is InChI=1S/C21H17FN4O2/c1-28-21(27)15-6-8-23-18(10-15)19-11-16-12-25-26(20(16)13-24-19)9-7-14-4-2-3-5-17(14)22/h2-6,8,10-13H,7,9H2,1H3. The third-order valence-electron chi connectivity index (χ3n) is 4.52. The van der Waals surface area contributed by atoms with Gasteiger partial charge in [0.1, 0.15) is 5.82 Å². The van der Waals surface area contributed by atoms with Gasteiger partial charge in [0.15, 0.2) is 0 Å². The van der Waals surface area contributed by atoms with Crippen molar-refractivity contribution in [2.45, 2.75) is 13.0 Å². The van der Waals surface area contributed by atoms with Gasteiger partial charge >= 0.3 is 5.97 Å². The molecule has 6 nitrogen and oxygen atoms in total. The van der Waals surface area contributed by atoms with Crippen LogP contribution in [-0.4, -0.2) is 32.8 Å². The lowest BCUT2D eigenvalue weighted by molar-refractivity contribution is 0.0600. The summed E-state index contributed by atoms with van der Waals surface area (Å²) in [6.45, 7) is 0.543. The van der Waals surface area contributed by atoms with E-state index >= 15 is 0 Å². The van der Waals surface area contributed by atoms with Crippen molar-refractivity contribution in [3.8, 4) is 11.4 Å². The Balaban J connectivity index is 1.60. The lowest BCUT2D eigenvalue weighted by Gasteiger charge is -2.06. The van der Waals surface area contributed by atoms with Gasteiger partial charge in [-0.3, -0.25) is 14.6 Å². The molecule has 0 radical (unpaired) electrons. The monoisotopic (exact) mass is 376 g/mol. The number of benzene rings is 1. The quantitative estimate of drug-likeness (QED) is 0.497. The third-order valence-corrected chi connectivity index (χ3v) is 4.52. The molecule has 0 atom stereocenters. The van der Waals surface area contributed by atoms with Crippen molar-refractivity contribution >= 4 is 16.9 Å². The van der Waals surface area contributed by atoms with Crippen molar-refractivity contribution in [3.05, 3.63) is 78.0 Å². The summed E-state index contributed by atoms with van der Waals surface area (Å²) in [4.78, 5) is 20.5. The molecular weight excluding hydrogens is 359 g/mol. The number of nitrogens with zero attached hydrogens (tertiary/aromatic N) is 4. The second-order valence-electron chi connectivity index (χ2n) is 6.26. The Morgan fingerprint density at radius 2 is 1.93 bits per heavy atom. The summed E-state index contributed by atoms with van der Waals surface area (Å²) in [6, 6.07) is 11.8. The smallest absolute Gasteiger partial charge is 0.337 e. The van der Waals surface area contributed by atoms with Crippen LogP contribution in [0.3, 0.4) is 0 Å². The van der Waals surface area contributed by atoms with Gasteiger partial charge in [-0.25, -0.2) is 9.18 Å². The highest BCUT2D eigenvalue weighted by atomic mass is 19.1. The van der Waals surface area contributed by atoms with E-state index in [1.807, 2.05) is 12.1 Å². The first-order valence-corrected chi connectivity index (χ1v) is 8.75. The van der Waals surface area contributed by atoms with E-state index in [1.165, 1.54) is 13.2 Å². The van der Waals surface area contributed by atoms with Gasteiger partial charge in [0, 0.05) is 18.1 Å². The number of fused-ring (bicyclic) bond motifs is 1. The predicted octanol–water partition coefficient (Wildman–Crippen LogP) is 3.66. The zero-order valence-electron chi connectivity index (χ0n) is 15.2. The van der Waals surface area contributed by atoms with Crippen LogP contribution < -0.4 is 0 Å². The van der Waals surface area contributed by atoms with E-state index in [0.717, 1.165) is 10.9 Å². The lowest BCUT2D eigenvalue weighted by Crippen LogP contribution is -2.04. The van der Waals surface area contributed by atoms with E-state index in [1.54, 1.807) is 47.5 Å². The number of esters is 1. The molecule has 3 aromatic heterocycles. The number of carbonyl (C=O) groups is 1. The zero-order chi connectivity index (χ0) is 19.5. The minimum Gasteiger partial charge on any atom is -0.465 e. The van der Waals surface area contributed by atoms with Gasteiger partial charge in [-0.05, 0) is 36.2 Å². The molecule has 0 fully saturated rings. The Morgan fingerprint density at radius 1 is 1.11 bits per heavy atom. The summed E-state index contributed by atoms with van der Waals surface area (Å²) in [5.41, 5.74) is 3.12. The highest BCUT2D eigenvalue weighted by Gasteiger charge is 2.11. The maximum atomic E-state index is 13.8. The molecule has 4 rings (SSSR count). The number of rotatable bonds is 5. The van der Waals surface area contributed by atoms with E-state index < -0.39 is 5.97 Å². The summed E-state index contributed by atoms with van der Waals surface area (Å²) in [7, 11) is 1.34. The van der Waals surface area contributed by atoms with Crippen molar-refractivity contribution in [2.24, 2.45) is 0 Å². The third kappa shape index (κ3) is 3.46. The van der Waals surface area contributed by atoms with E-state index in [-0.39, 0.29) is 5.82 Å². The molecule has 0 N–H and O–H groups in total. The van der Waals surface area contributed by atoms with Gasteiger partial charge in [-0.1, -0.05) is 18.2 Å². The van der Waals surface area contributed by atoms with E-state index in [0.29, 0.717) is 35.5 Å². The predicted molar refractivity (Wildman–Crippen MR) is 102 cm³/mol. The van der Waals surface area contributed by atoms with Crippen LogP contribution in [0, 0.1) is 5.82 Å². The van der Waals surface area contributed by atoms with Gasteiger partial charge in [0.25, 0.3) is 0 Å². The number of hydrogen-bond acceptors (Lipinski definition) is 5. The molecule has 0 saturated heterocycles. The second-order valence-corrected chi connectivity index (χ2v) is 6.26. The Hall–Kier alpha value is -3.61. The Labute approximate surface area is 160 Å². The first-order valence-electron chi connectivity index (χ1n) is 8.75. The maximum Gasteiger partial charge on any atom is 0.337 e. The number of aryl methyl sites for hydroxylation is 2. The number of methoxy groups -OCH3 is 1. The number of ether oxygens (including phenoxy) is 1. The number of hydrogen-bond donors (Lipinski definition) is 0. The van der Waals surface area contributed by atoms with Gasteiger partial charge in [-0.15, -0.1) is 0 Å². The van der Waals surface area contributed by atoms with Crippen molar-refractivity contribution < 1.29 is 13.9 Å². The van der Waals surface area contributed by atoms with E-state index in [4.69, 9.17) is 4.74 Å². The van der Waals surface area contributed by atoms with Gasteiger partial charge in [-0.2, -0.15) is 5.10 Å². The molecule has 0 saturated carbocycles. The first kappa shape index (κ1) is 17.8. The molecule has 0 aliphatic carbocycles. The zero-order valence-corrected chi connectivity index (χ0v) is 15.2. The van der Waals surface area contributed by atoms with Crippen molar-refractivity contribution in [2.75, 3.05) is 7.11 Å². The Bertz CT molecular complexity index is 1160. The molecule has 4 aromatic rings. The van der Waals surface area contributed by atoms with Crippen LogP contribution in [0.4, 0.5) is 4.39 Å². The van der Waals surface area contributed by atoms with Crippen LogP contribution in [0.5, 0.6) is 0 Å². The molecule has 0 aliphatic heterocycles. The van der Waals surface area contributed by atoms with Gasteiger partial charge in [0.2, 0.25) is 0 Å². The number of carbonyl (C=O) groups excluding carboxylic acids is 1. The van der Waals surface area contributed by atoms with Crippen molar-refractivity contribution in [1.82, 2.24) is 19.7 Å². The highest BCUT2D eigenvalue weighted by Crippen LogP contribution is 2.22. The molecular formula is C21H17FN4O2. The molecule has 0 amide bonds. The molecule has 28 heavy (non-hydrogen) atoms. The molecule has 0 spiro atoms. The highest BCUT2D eigenvalue weighted by molar-refractivity contribution is 5.90. The van der Waals surface area contributed by atoms with Gasteiger partial charge < -0.3 is 4.74 Å². The first-order chi connectivity index (χ1) is 13.7. The molecule has 0 bridgehead atoms. The molecule has 3 heterocycles. The van der Waals surface area contributed by atoms with E-state index in [9.17, 15) is 9.18 Å². The van der Waals surface area contributed by atoms with Crippen molar-refractivity contribution in [1.29, 1.82) is 0 Å². The minimum atomic E-state index is -0.425. The van der Waals surface area contributed by atoms with Crippen LogP contribution in [0.25, 0.3) is 22.3 Å². The summed E-state index contributed by atoms with van der Waals surface area (Å²) in [6.07, 6.45) is 5.54. The summed E-state index contributed by atoms with van der Waals surface area (Å²) < 4.78 is 20.4. The number of aromatic nitrogens is 4. The Morgan fingerprint density at radius 3 is 2.75 bits per heavy atom. The number of halogens is 1. The summed E-state index contributed by atoms with van der Waals surface area (Å²) in [5, 5.41) is 5.29. The van der Waals surface area contributed by atoms with Crippen LogP contribution in [0.2, 0.25) is 0 Å². The normalized spacial score (nSPS) is 10.9. The molecule has 140 valence electrons. The largest absolute Gasteiger partial charge is 0.465 e. The van der Waals surface area contributed by atoms with Crippen LogP contribution in [0.1, 0.15) is 15.9 Å². The lowest BCUT2D eigenvalue weighted by atomic mass is 10.1. The van der Waals surface area contributed by atoms with E-state index in [2.05, 4.69) is 15.1 Å². The average molecular weight is 376 g/mol. The van der Waals surface area contributed by atoms with Crippen LogP contribution >= 0.6 is 0 Å². The fraction of sp³-hybridized carbons (Fsp3) is 0.143. The maximum absolute atomic E-state index is 13.8. The second kappa shape index (κ2) is 7.56. The summed E-state index contributed by atoms with van der Waals surface area (Å²) in [5.74, 6) is -0.637. The minimum absolute atomic E-state index is 0.212. The van der Waals surface area contributed by atoms with Gasteiger partial charge in [0.05, 0.1) is 42.0 Å². The van der Waals surface area contributed by atoms with Crippen molar-refractivity contribution in [3.63, 3.8) is 0 Å². The van der Waals surface area contributed by atoms with Crippen LogP contribution in [0.15, 0.2) is 61.1 Å². The summed E-state index contributed by atoms with van der Waals surface area (Å²) >= 11 is 0. The molecule has 1 aromatic carbocycles. The van der Waals surface area contributed by atoms with Crippen LogP contribution in [-0.2, 0) is 17.7 Å².